The minimum atomic E-state index is 0. The van der Waals surface area contributed by atoms with Crippen LogP contribution in [0, 0.1) is 5.92 Å². The molecule has 3 rings (SSSR count). The zero-order chi connectivity index (χ0) is 21.2. The molecule has 0 N–H and O–H groups in total. The summed E-state index contributed by atoms with van der Waals surface area (Å²) < 4.78 is 0. The van der Waals surface area contributed by atoms with E-state index >= 15 is 0 Å². The van der Waals surface area contributed by atoms with E-state index in [0.29, 0.717) is 18.2 Å². The number of nitrogens with zero attached hydrogens (tertiary/aromatic N) is 2. The predicted octanol–water partition coefficient (Wildman–Crippen LogP) is 6.66. The average Bonchev–Trinajstić information content (AvgIpc) is 2.77. The number of rotatable bonds is 10. The van der Waals surface area contributed by atoms with Gasteiger partial charge in [-0.1, -0.05) is 61.7 Å². The van der Waals surface area contributed by atoms with Gasteiger partial charge in [0, 0.05) is 23.6 Å². The fraction of sp³-hybridized carbons (Fsp3) is 0.500. The van der Waals surface area contributed by atoms with Gasteiger partial charge < -0.3 is 9.80 Å². The number of halogens is 1. The summed E-state index contributed by atoms with van der Waals surface area (Å²) in [7, 11) is 4.19. The van der Waals surface area contributed by atoms with Gasteiger partial charge in [0.25, 0.3) is 0 Å². The first-order valence-electron chi connectivity index (χ1n) is 11.3. The first kappa shape index (κ1) is 25.8. The maximum Gasteiger partial charge on any atom is 0.227 e. The third kappa shape index (κ3) is 8.51. The van der Waals surface area contributed by atoms with Crippen molar-refractivity contribution in [3.8, 4) is 0 Å². The standard InChI is InChI=1S/C26H36N2OS.ClH/c1-27(2)18-11-19-28(26(29)20-22-12-5-3-6-13-22)24-16-9-10-17-25(24)30-21-23-14-7-4-8-15-23;/h4,7-10,14-17,22H,3,5-6,11-13,18-21H2,1-2H3;1H. The van der Waals surface area contributed by atoms with Gasteiger partial charge in [-0.3, -0.25) is 4.79 Å². The van der Waals surface area contributed by atoms with E-state index in [1.165, 1.54) is 42.6 Å². The van der Waals surface area contributed by atoms with Crippen molar-refractivity contribution in [3.63, 3.8) is 0 Å². The molecule has 0 aromatic heterocycles. The van der Waals surface area contributed by atoms with E-state index in [4.69, 9.17) is 0 Å². The van der Waals surface area contributed by atoms with E-state index in [1.54, 1.807) is 0 Å². The van der Waals surface area contributed by atoms with Gasteiger partial charge in [-0.25, -0.2) is 0 Å². The molecule has 1 amide bonds. The summed E-state index contributed by atoms with van der Waals surface area (Å²) in [6, 6.07) is 19.0. The maximum absolute atomic E-state index is 13.4. The van der Waals surface area contributed by atoms with Crippen molar-refractivity contribution in [2.75, 3.05) is 32.1 Å². The lowest BCUT2D eigenvalue weighted by Gasteiger charge is -2.29. The number of thioether (sulfide) groups is 1. The Morgan fingerprint density at radius 2 is 1.61 bits per heavy atom. The normalized spacial score (nSPS) is 14.3. The third-order valence-corrected chi connectivity index (χ3v) is 7.00. The molecule has 1 fully saturated rings. The number of hydrogen-bond donors (Lipinski definition) is 0. The fourth-order valence-corrected chi connectivity index (χ4v) is 5.23. The topological polar surface area (TPSA) is 23.6 Å². The Kier molecular flexibility index (Phi) is 11.5. The Morgan fingerprint density at radius 1 is 0.935 bits per heavy atom. The quantitative estimate of drug-likeness (QED) is 0.370. The Bertz CT molecular complexity index is 778. The summed E-state index contributed by atoms with van der Waals surface area (Å²) >= 11 is 1.83. The second-order valence-electron chi connectivity index (χ2n) is 8.65. The summed E-state index contributed by atoms with van der Waals surface area (Å²) in [5.74, 6) is 1.78. The second kappa shape index (κ2) is 13.8. The Labute approximate surface area is 199 Å². The first-order chi connectivity index (χ1) is 14.6. The molecule has 1 aliphatic carbocycles. The summed E-state index contributed by atoms with van der Waals surface area (Å²) in [5, 5.41) is 0. The highest BCUT2D eigenvalue weighted by molar-refractivity contribution is 7.98. The van der Waals surface area contributed by atoms with Gasteiger partial charge >= 0.3 is 0 Å². The zero-order valence-electron chi connectivity index (χ0n) is 19.0. The van der Waals surface area contributed by atoms with E-state index in [9.17, 15) is 4.79 Å². The Balaban J connectivity index is 0.00000341. The molecule has 170 valence electrons. The smallest absolute Gasteiger partial charge is 0.227 e. The average molecular weight is 461 g/mol. The molecule has 1 saturated carbocycles. The number of carbonyl (C=O) groups excluding carboxylic acids is 1. The van der Waals surface area contributed by atoms with Gasteiger partial charge in [-0.15, -0.1) is 24.2 Å². The second-order valence-corrected chi connectivity index (χ2v) is 9.67. The van der Waals surface area contributed by atoms with Crippen molar-refractivity contribution in [1.29, 1.82) is 0 Å². The van der Waals surface area contributed by atoms with E-state index < -0.39 is 0 Å². The van der Waals surface area contributed by atoms with Crippen LogP contribution in [-0.2, 0) is 10.5 Å². The molecule has 0 aliphatic heterocycles. The van der Waals surface area contributed by atoms with Crippen LogP contribution in [0.2, 0.25) is 0 Å². The molecule has 0 radical (unpaired) electrons. The molecular formula is C26H37ClN2OS. The van der Waals surface area contributed by atoms with Gasteiger partial charge in [0.2, 0.25) is 5.91 Å². The number of benzene rings is 2. The molecule has 2 aromatic carbocycles. The Hall–Kier alpha value is -1.49. The van der Waals surface area contributed by atoms with Gasteiger partial charge in [-0.2, -0.15) is 0 Å². The van der Waals surface area contributed by atoms with Crippen molar-refractivity contribution in [2.24, 2.45) is 5.92 Å². The molecule has 2 aromatic rings. The van der Waals surface area contributed by atoms with Crippen LogP contribution >= 0.6 is 24.2 Å². The number of anilines is 1. The highest BCUT2D eigenvalue weighted by atomic mass is 35.5. The summed E-state index contributed by atoms with van der Waals surface area (Å²) in [5.41, 5.74) is 2.39. The molecule has 0 spiro atoms. The minimum Gasteiger partial charge on any atom is -0.311 e. The van der Waals surface area contributed by atoms with Gasteiger partial charge in [0.05, 0.1) is 5.69 Å². The van der Waals surface area contributed by atoms with Crippen LogP contribution in [0.3, 0.4) is 0 Å². The van der Waals surface area contributed by atoms with E-state index in [0.717, 1.165) is 31.0 Å². The number of para-hydroxylation sites is 1. The van der Waals surface area contributed by atoms with Crippen molar-refractivity contribution in [3.05, 3.63) is 60.2 Å². The summed E-state index contributed by atoms with van der Waals surface area (Å²) in [6.07, 6.45) is 7.99. The lowest BCUT2D eigenvalue weighted by Crippen LogP contribution is -2.35. The molecule has 3 nitrogen and oxygen atoms in total. The maximum atomic E-state index is 13.4. The monoisotopic (exact) mass is 460 g/mol. The molecule has 5 heteroatoms. The number of hydrogen-bond acceptors (Lipinski definition) is 3. The van der Waals surface area contributed by atoms with Crippen LogP contribution in [0.1, 0.15) is 50.5 Å². The van der Waals surface area contributed by atoms with E-state index in [1.807, 2.05) is 11.8 Å². The fourth-order valence-electron chi connectivity index (χ4n) is 4.21. The van der Waals surface area contributed by atoms with Crippen molar-refractivity contribution in [1.82, 2.24) is 4.90 Å². The van der Waals surface area contributed by atoms with Crippen LogP contribution < -0.4 is 4.90 Å². The summed E-state index contributed by atoms with van der Waals surface area (Å²) in [6.45, 7) is 1.78. The molecular weight excluding hydrogens is 424 g/mol. The van der Waals surface area contributed by atoms with E-state index in [2.05, 4.69) is 78.5 Å². The van der Waals surface area contributed by atoms with Crippen LogP contribution in [0.4, 0.5) is 5.69 Å². The van der Waals surface area contributed by atoms with Crippen molar-refractivity contribution < 1.29 is 4.79 Å². The molecule has 1 aliphatic rings. The molecule has 0 heterocycles. The van der Waals surface area contributed by atoms with Crippen LogP contribution in [0.5, 0.6) is 0 Å². The van der Waals surface area contributed by atoms with Crippen LogP contribution in [0.15, 0.2) is 59.5 Å². The lowest BCUT2D eigenvalue weighted by molar-refractivity contribution is -0.119. The van der Waals surface area contributed by atoms with Crippen LogP contribution in [0.25, 0.3) is 0 Å². The van der Waals surface area contributed by atoms with E-state index in [-0.39, 0.29) is 12.4 Å². The zero-order valence-corrected chi connectivity index (χ0v) is 20.6. The SMILES string of the molecule is CN(C)CCCN(C(=O)CC1CCCCC1)c1ccccc1SCc1ccccc1.Cl. The predicted molar refractivity (Wildman–Crippen MR) is 136 cm³/mol. The summed E-state index contributed by atoms with van der Waals surface area (Å²) in [4.78, 5) is 18.9. The molecule has 0 saturated heterocycles. The third-order valence-electron chi connectivity index (χ3n) is 5.87. The van der Waals surface area contributed by atoms with Crippen molar-refractivity contribution in [2.45, 2.75) is 55.6 Å². The Morgan fingerprint density at radius 3 is 2.32 bits per heavy atom. The molecule has 0 bridgehead atoms. The number of carbonyl (C=O) groups is 1. The van der Waals surface area contributed by atoms with Gasteiger partial charge in [-0.05, 0) is 63.5 Å². The number of amides is 1. The lowest BCUT2D eigenvalue weighted by atomic mass is 9.86. The van der Waals surface area contributed by atoms with Crippen LogP contribution in [-0.4, -0.2) is 38.0 Å². The first-order valence-corrected chi connectivity index (χ1v) is 12.3. The minimum absolute atomic E-state index is 0. The van der Waals surface area contributed by atoms with Gasteiger partial charge in [0.15, 0.2) is 0 Å². The molecule has 0 atom stereocenters. The molecule has 31 heavy (non-hydrogen) atoms. The van der Waals surface area contributed by atoms with Crippen molar-refractivity contribution >= 4 is 35.8 Å². The molecule has 0 unspecified atom stereocenters. The highest BCUT2D eigenvalue weighted by Crippen LogP contribution is 2.34. The largest absolute Gasteiger partial charge is 0.311 e. The van der Waals surface area contributed by atoms with Gasteiger partial charge in [0.1, 0.15) is 0 Å². The highest BCUT2D eigenvalue weighted by Gasteiger charge is 2.23.